The molecule has 1 rings (SSSR count). The second-order valence-electron chi connectivity index (χ2n) is 2.21. The van der Waals surface area contributed by atoms with Crippen molar-refractivity contribution in [2.75, 3.05) is 0 Å². The molecule has 0 saturated heterocycles. The van der Waals surface area contributed by atoms with Crippen LogP contribution >= 0.6 is 0 Å². The summed E-state index contributed by atoms with van der Waals surface area (Å²) in [6.07, 6.45) is 3.69. The molecule has 1 aromatic heterocycles. The van der Waals surface area contributed by atoms with E-state index in [4.69, 9.17) is 4.42 Å². The lowest BCUT2D eigenvalue weighted by Gasteiger charge is -1.80. The van der Waals surface area contributed by atoms with Crippen LogP contribution in [0.5, 0.6) is 0 Å². The molecule has 2 heteroatoms. The minimum Gasteiger partial charge on any atom is -0.456 e. The summed E-state index contributed by atoms with van der Waals surface area (Å²) in [4.78, 5) is 10.0. The van der Waals surface area contributed by atoms with E-state index in [0.29, 0.717) is 12.0 Å². The topological polar surface area (TPSA) is 30.2 Å². The van der Waals surface area contributed by atoms with Gasteiger partial charge in [0, 0.05) is 5.57 Å². The number of carbonyl (C=O) groups is 1. The third kappa shape index (κ3) is 2.47. The van der Waals surface area contributed by atoms with Crippen molar-refractivity contribution in [2.45, 2.75) is 6.92 Å². The summed E-state index contributed by atoms with van der Waals surface area (Å²) in [5, 5.41) is 0. The SMILES string of the molecule is C/C(C#Cc1ccco1)=C/C=O. The highest BCUT2D eigenvalue weighted by molar-refractivity contribution is 5.67. The van der Waals surface area contributed by atoms with Crippen LogP contribution < -0.4 is 0 Å². The molecule has 0 amide bonds. The van der Waals surface area contributed by atoms with Crippen LogP contribution in [0.2, 0.25) is 0 Å². The third-order valence-electron chi connectivity index (χ3n) is 1.22. The third-order valence-corrected chi connectivity index (χ3v) is 1.22. The van der Waals surface area contributed by atoms with E-state index in [2.05, 4.69) is 11.8 Å². The Bertz CT molecular complexity index is 334. The molecular formula is C10H8O2. The molecule has 60 valence electrons. The molecule has 0 N–H and O–H groups in total. The van der Waals surface area contributed by atoms with Crippen LogP contribution in [0.25, 0.3) is 0 Å². The smallest absolute Gasteiger partial charge is 0.176 e. The molecule has 0 radical (unpaired) electrons. The van der Waals surface area contributed by atoms with Crippen molar-refractivity contribution in [2.24, 2.45) is 0 Å². The molecule has 1 aromatic rings. The van der Waals surface area contributed by atoms with E-state index in [0.717, 1.165) is 5.57 Å². The van der Waals surface area contributed by atoms with E-state index in [-0.39, 0.29) is 0 Å². The van der Waals surface area contributed by atoms with Crippen LogP contribution in [0.3, 0.4) is 0 Å². The van der Waals surface area contributed by atoms with Gasteiger partial charge in [0.1, 0.15) is 6.29 Å². The fraction of sp³-hybridized carbons (Fsp3) is 0.100. The van der Waals surface area contributed by atoms with Gasteiger partial charge in [0.15, 0.2) is 5.76 Å². The van der Waals surface area contributed by atoms with E-state index in [1.165, 1.54) is 6.08 Å². The van der Waals surface area contributed by atoms with Crippen molar-refractivity contribution in [3.63, 3.8) is 0 Å². The average Bonchev–Trinajstić information content (AvgIpc) is 2.53. The molecule has 0 unspecified atom stereocenters. The molecule has 0 fully saturated rings. The number of aldehydes is 1. The van der Waals surface area contributed by atoms with E-state index in [9.17, 15) is 4.79 Å². The molecule has 0 spiro atoms. The van der Waals surface area contributed by atoms with Gasteiger partial charge in [-0.2, -0.15) is 0 Å². The standard InChI is InChI=1S/C10H8O2/c1-9(6-7-11)4-5-10-3-2-8-12-10/h2-3,6-8H,1H3/b9-6-. The Morgan fingerprint density at radius 2 is 2.50 bits per heavy atom. The second kappa shape index (κ2) is 4.20. The summed E-state index contributed by atoms with van der Waals surface area (Å²) < 4.78 is 4.97. The van der Waals surface area contributed by atoms with Gasteiger partial charge in [0.25, 0.3) is 0 Å². The predicted octanol–water partition coefficient (Wildman–Crippen LogP) is 1.78. The number of furan rings is 1. The summed E-state index contributed by atoms with van der Waals surface area (Å²) >= 11 is 0. The van der Waals surface area contributed by atoms with Gasteiger partial charge in [0.2, 0.25) is 0 Å². The molecule has 0 aliphatic rings. The lowest BCUT2D eigenvalue weighted by molar-refractivity contribution is -0.104. The minimum absolute atomic E-state index is 0.605. The van der Waals surface area contributed by atoms with Crippen LogP contribution in [-0.4, -0.2) is 6.29 Å². The molecule has 12 heavy (non-hydrogen) atoms. The van der Waals surface area contributed by atoms with Gasteiger partial charge in [-0.05, 0) is 31.1 Å². The number of allylic oxidation sites excluding steroid dienone is 2. The first-order chi connectivity index (χ1) is 5.83. The van der Waals surface area contributed by atoms with Gasteiger partial charge < -0.3 is 4.42 Å². The van der Waals surface area contributed by atoms with Crippen molar-refractivity contribution in [3.05, 3.63) is 35.8 Å². The molecule has 0 saturated carbocycles. The first-order valence-electron chi connectivity index (χ1n) is 3.50. The Morgan fingerprint density at radius 1 is 1.67 bits per heavy atom. The lowest BCUT2D eigenvalue weighted by Crippen LogP contribution is -1.71. The summed E-state index contributed by atoms with van der Waals surface area (Å²) in [6, 6.07) is 3.53. The molecular weight excluding hydrogens is 152 g/mol. The largest absolute Gasteiger partial charge is 0.456 e. The van der Waals surface area contributed by atoms with Gasteiger partial charge in [-0.3, -0.25) is 4.79 Å². The maximum atomic E-state index is 10.0. The number of carbonyl (C=O) groups excluding carboxylic acids is 1. The predicted molar refractivity (Wildman–Crippen MR) is 45.4 cm³/mol. The molecule has 0 aliphatic heterocycles. The molecule has 0 bridgehead atoms. The lowest BCUT2D eigenvalue weighted by atomic mass is 10.3. The molecule has 0 atom stereocenters. The summed E-state index contributed by atoms with van der Waals surface area (Å²) in [6.45, 7) is 1.77. The first kappa shape index (κ1) is 8.35. The fourth-order valence-corrected chi connectivity index (χ4v) is 0.654. The van der Waals surface area contributed by atoms with Crippen LogP contribution in [0, 0.1) is 11.8 Å². The minimum atomic E-state index is 0.605. The van der Waals surface area contributed by atoms with Crippen molar-refractivity contribution in [3.8, 4) is 11.8 Å². The number of rotatable bonds is 1. The van der Waals surface area contributed by atoms with E-state index >= 15 is 0 Å². The summed E-state index contributed by atoms with van der Waals surface area (Å²) in [5.41, 5.74) is 0.724. The van der Waals surface area contributed by atoms with Crippen molar-refractivity contribution in [1.29, 1.82) is 0 Å². The summed E-state index contributed by atoms with van der Waals surface area (Å²) in [7, 11) is 0. The van der Waals surface area contributed by atoms with Gasteiger partial charge >= 0.3 is 0 Å². The highest BCUT2D eigenvalue weighted by Gasteiger charge is 1.85. The van der Waals surface area contributed by atoms with Gasteiger partial charge in [-0.25, -0.2) is 0 Å². The first-order valence-corrected chi connectivity index (χ1v) is 3.50. The number of hydrogen-bond acceptors (Lipinski definition) is 2. The zero-order chi connectivity index (χ0) is 8.81. The molecule has 2 nitrogen and oxygen atoms in total. The van der Waals surface area contributed by atoms with Crippen LogP contribution in [0.1, 0.15) is 12.7 Å². The highest BCUT2D eigenvalue weighted by atomic mass is 16.3. The van der Waals surface area contributed by atoms with E-state index in [1.54, 1.807) is 25.3 Å². The zero-order valence-corrected chi connectivity index (χ0v) is 6.70. The van der Waals surface area contributed by atoms with Gasteiger partial charge in [-0.1, -0.05) is 5.92 Å². The average molecular weight is 160 g/mol. The van der Waals surface area contributed by atoms with Crippen LogP contribution in [0.4, 0.5) is 0 Å². The van der Waals surface area contributed by atoms with Crippen molar-refractivity contribution < 1.29 is 9.21 Å². The van der Waals surface area contributed by atoms with Crippen LogP contribution in [0.15, 0.2) is 34.5 Å². The molecule has 0 aromatic carbocycles. The maximum Gasteiger partial charge on any atom is 0.176 e. The fourth-order valence-electron chi connectivity index (χ4n) is 0.654. The zero-order valence-electron chi connectivity index (χ0n) is 6.70. The van der Waals surface area contributed by atoms with Crippen LogP contribution in [-0.2, 0) is 4.79 Å². The molecule has 1 heterocycles. The summed E-state index contributed by atoms with van der Waals surface area (Å²) in [5.74, 6) is 6.14. The second-order valence-corrected chi connectivity index (χ2v) is 2.21. The Labute approximate surface area is 70.9 Å². The Kier molecular flexibility index (Phi) is 2.92. The number of hydrogen-bond donors (Lipinski definition) is 0. The highest BCUT2D eigenvalue weighted by Crippen LogP contribution is 1.97. The Morgan fingerprint density at radius 3 is 3.08 bits per heavy atom. The Hall–Kier alpha value is -1.75. The molecule has 0 aliphatic carbocycles. The van der Waals surface area contributed by atoms with E-state index < -0.39 is 0 Å². The van der Waals surface area contributed by atoms with Gasteiger partial charge in [-0.15, -0.1) is 0 Å². The maximum absolute atomic E-state index is 10.0. The van der Waals surface area contributed by atoms with E-state index in [1.807, 2.05) is 0 Å². The van der Waals surface area contributed by atoms with Crippen molar-refractivity contribution in [1.82, 2.24) is 0 Å². The monoisotopic (exact) mass is 160 g/mol. The normalized spacial score (nSPS) is 10.2. The van der Waals surface area contributed by atoms with Crippen molar-refractivity contribution >= 4 is 6.29 Å². The van der Waals surface area contributed by atoms with Gasteiger partial charge in [0.05, 0.1) is 6.26 Å². The Balaban J connectivity index is 2.72. The quantitative estimate of drug-likeness (QED) is 0.356.